The number of hydrogen-bond donors (Lipinski definition) is 2. The summed E-state index contributed by atoms with van der Waals surface area (Å²) < 4.78 is 0. The zero-order valence-electron chi connectivity index (χ0n) is 12.6. The van der Waals surface area contributed by atoms with Gasteiger partial charge in [-0.05, 0) is 37.8 Å². The molecule has 1 aliphatic carbocycles. The lowest BCUT2D eigenvalue weighted by molar-refractivity contribution is 0.451. The third-order valence-electron chi connectivity index (χ3n) is 4.03. The molecule has 1 aromatic rings. The van der Waals surface area contributed by atoms with E-state index in [0.29, 0.717) is 11.5 Å². The van der Waals surface area contributed by atoms with Crippen LogP contribution in [0.25, 0.3) is 0 Å². The van der Waals surface area contributed by atoms with E-state index in [1.54, 1.807) is 0 Å². The fourth-order valence-corrected chi connectivity index (χ4v) is 2.54. The van der Waals surface area contributed by atoms with Gasteiger partial charge in [-0.3, -0.25) is 0 Å². The van der Waals surface area contributed by atoms with Gasteiger partial charge in [0.15, 0.2) is 0 Å². The van der Waals surface area contributed by atoms with Crippen molar-refractivity contribution in [1.82, 2.24) is 10.6 Å². The molecule has 106 valence electrons. The Kier molecular flexibility index (Phi) is 5.00. The van der Waals surface area contributed by atoms with Gasteiger partial charge in [-0.25, -0.2) is 0 Å². The Bertz CT molecular complexity index is 368. The molecule has 0 heterocycles. The van der Waals surface area contributed by atoms with Crippen molar-refractivity contribution in [2.75, 3.05) is 19.6 Å². The largest absolute Gasteiger partial charge is 0.315 e. The Balaban J connectivity index is 1.73. The lowest BCUT2D eigenvalue weighted by Crippen LogP contribution is -2.41. The van der Waals surface area contributed by atoms with E-state index in [1.165, 1.54) is 18.4 Å². The average molecular weight is 260 g/mol. The molecule has 1 atom stereocenters. The minimum absolute atomic E-state index is 0.424. The second-order valence-corrected chi connectivity index (χ2v) is 6.48. The maximum Gasteiger partial charge on any atom is 0.0164 e. The van der Waals surface area contributed by atoms with Gasteiger partial charge < -0.3 is 10.6 Å². The van der Waals surface area contributed by atoms with Crippen LogP contribution in [0.1, 0.15) is 39.2 Å². The van der Waals surface area contributed by atoms with Crippen molar-refractivity contribution in [2.24, 2.45) is 5.92 Å². The molecule has 1 unspecified atom stereocenters. The van der Waals surface area contributed by atoms with Crippen LogP contribution in [0, 0.1) is 5.92 Å². The van der Waals surface area contributed by atoms with Gasteiger partial charge in [-0.1, -0.05) is 44.2 Å². The minimum Gasteiger partial charge on any atom is -0.315 e. The van der Waals surface area contributed by atoms with Crippen molar-refractivity contribution in [1.29, 1.82) is 0 Å². The summed E-state index contributed by atoms with van der Waals surface area (Å²) in [6, 6.07) is 11.5. The zero-order valence-corrected chi connectivity index (χ0v) is 12.6. The fraction of sp³-hybridized carbons (Fsp3) is 0.647. The lowest BCUT2D eigenvalue weighted by atomic mass is 9.96. The Labute approximate surface area is 118 Å². The molecule has 1 aromatic carbocycles. The molecule has 19 heavy (non-hydrogen) atoms. The van der Waals surface area contributed by atoms with Crippen LogP contribution in [0.2, 0.25) is 0 Å². The van der Waals surface area contributed by atoms with Gasteiger partial charge in [0.25, 0.3) is 0 Å². The van der Waals surface area contributed by atoms with E-state index in [9.17, 15) is 0 Å². The smallest absolute Gasteiger partial charge is 0.0164 e. The highest BCUT2D eigenvalue weighted by atomic mass is 15.0. The van der Waals surface area contributed by atoms with E-state index in [-0.39, 0.29) is 0 Å². The molecule has 0 spiro atoms. The van der Waals surface area contributed by atoms with E-state index in [1.807, 2.05) is 0 Å². The molecular weight excluding hydrogens is 232 g/mol. The topological polar surface area (TPSA) is 24.1 Å². The summed E-state index contributed by atoms with van der Waals surface area (Å²) in [4.78, 5) is 0. The van der Waals surface area contributed by atoms with Crippen molar-refractivity contribution >= 4 is 0 Å². The van der Waals surface area contributed by atoms with Crippen LogP contribution in [-0.4, -0.2) is 25.7 Å². The van der Waals surface area contributed by atoms with Gasteiger partial charge >= 0.3 is 0 Å². The molecule has 0 aromatic heterocycles. The molecule has 0 amide bonds. The van der Waals surface area contributed by atoms with E-state index in [4.69, 9.17) is 0 Å². The summed E-state index contributed by atoms with van der Waals surface area (Å²) in [5.74, 6) is 0.728. The van der Waals surface area contributed by atoms with E-state index < -0.39 is 0 Å². The minimum atomic E-state index is 0.424. The molecule has 0 aliphatic heterocycles. The quantitative estimate of drug-likeness (QED) is 0.751. The van der Waals surface area contributed by atoms with Crippen molar-refractivity contribution in [3.8, 4) is 0 Å². The van der Waals surface area contributed by atoms with E-state index in [0.717, 1.165) is 25.6 Å². The van der Waals surface area contributed by atoms with Crippen molar-refractivity contribution in [3.05, 3.63) is 35.9 Å². The predicted octanol–water partition coefficient (Wildman–Crippen LogP) is 2.94. The molecule has 2 N–H and O–H groups in total. The molecule has 2 heteroatoms. The third kappa shape index (κ3) is 4.32. The highest BCUT2D eigenvalue weighted by Crippen LogP contribution is 2.47. The predicted molar refractivity (Wildman–Crippen MR) is 82.5 cm³/mol. The Hall–Kier alpha value is -0.860. The van der Waals surface area contributed by atoms with Gasteiger partial charge in [0.05, 0.1) is 0 Å². The van der Waals surface area contributed by atoms with Crippen molar-refractivity contribution in [3.63, 3.8) is 0 Å². The highest BCUT2D eigenvalue weighted by molar-refractivity contribution is 5.31. The average Bonchev–Trinajstić information content (AvgIpc) is 3.18. The van der Waals surface area contributed by atoms with Crippen LogP contribution in [0.5, 0.6) is 0 Å². The third-order valence-corrected chi connectivity index (χ3v) is 4.03. The lowest BCUT2D eigenvalue weighted by Gasteiger charge is -2.21. The van der Waals surface area contributed by atoms with Crippen molar-refractivity contribution < 1.29 is 0 Å². The summed E-state index contributed by atoms with van der Waals surface area (Å²) in [5.41, 5.74) is 1.93. The van der Waals surface area contributed by atoms with Crippen molar-refractivity contribution in [2.45, 2.75) is 45.1 Å². The summed E-state index contributed by atoms with van der Waals surface area (Å²) in [7, 11) is 0. The van der Waals surface area contributed by atoms with Crippen LogP contribution in [0.3, 0.4) is 0 Å². The fourth-order valence-electron chi connectivity index (χ4n) is 2.54. The first-order valence-corrected chi connectivity index (χ1v) is 7.62. The van der Waals surface area contributed by atoms with Gasteiger partial charge in [0, 0.05) is 24.5 Å². The number of hydrogen-bond acceptors (Lipinski definition) is 2. The van der Waals surface area contributed by atoms with Crippen LogP contribution in [-0.2, 0) is 5.41 Å². The summed E-state index contributed by atoms with van der Waals surface area (Å²) in [6.45, 7) is 10.0. The number of rotatable bonds is 8. The molecule has 2 nitrogen and oxygen atoms in total. The van der Waals surface area contributed by atoms with Gasteiger partial charge in [0.2, 0.25) is 0 Å². The molecular formula is C17H28N2. The highest BCUT2D eigenvalue weighted by Gasteiger charge is 2.43. The summed E-state index contributed by atoms with van der Waals surface area (Å²) in [5, 5.41) is 7.21. The normalized spacial score (nSPS) is 18.5. The second kappa shape index (κ2) is 6.53. The van der Waals surface area contributed by atoms with Gasteiger partial charge in [-0.15, -0.1) is 0 Å². The summed E-state index contributed by atoms with van der Waals surface area (Å²) >= 11 is 0. The molecule has 0 saturated heterocycles. The molecule has 0 radical (unpaired) electrons. The first-order chi connectivity index (χ1) is 9.12. The maximum atomic E-state index is 3.70. The van der Waals surface area contributed by atoms with Crippen LogP contribution in [0.15, 0.2) is 30.3 Å². The van der Waals surface area contributed by atoms with Crippen LogP contribution < -0.4 is 10.6 Å². The SMILES string of the molecule is CC(C)CNCC(C)NCC1(c2ccccc2)CC1. The molecule has 0 bridgehead atoms. The molecule has 1 saturated carbocycles. The number of benzene rings is 1. The Morgan fingerprint density at radius 3 is 2.32 bits per heavy atom. The molecule has 2 rings (SSSR count). The second-order valence-electron chi connectivity index (χ2n) is 6.48. The van der Waals surface area contributed by atoms with Gasteiger partial charge in [0.1, 0.15) is 0 Å². The molecule has 1 aliphatic rings. The monoisotopic (exact) mass is 260 g/mol. The first-order valence-electron chi connectivity index (χ1n) is 7.62. The van der Waals surface area contributed by atoms with E-state index >= 15 is 0 Å². The van der Waals surface area contributed by atoms with E-state index in [2.05, 4.69) is 61.7 Å². The Morgan fingerprint density at radius 2 is 1.74 bits per heavy atom. The zero-order chi connectivity index (χ0) is 13.7. The number of nitrogens with one attached hydrogen (secondary N) is 2. The van der Waals surface area contributed by atoms with Crippen LogP contribution in [0.4, 0.5) is 0 Å². The molecule has 1 fully saturated rings. The maximum absolute atomic E-state index is 3.70. The summed E-state index contributed by atoms with van der Waals surface area (Å²) in [6.07, 6.45) is 2.66. The standard InChI is InChI=1S/C17H28N2/c1-14(2)11-18-12-15(3)19-13-17(9-10-17)16-7-5-4-6-8-16/h4-8,14-15,18-19H,9-13H2,1-3H3. The Morgan fingerprint density at radius 1 is 1.05 bits per heavy atom. The first kappa shape index (κ1) is 14.5. The van der Waals surface area contributed by atoms with Crippen LogP contribution >= 0.6 is 0 Å². The van der Waals surface area contributed by atoms with Gasteiger partial charge in [-0.2, -0.15) is 0 Å².